The highest BCUT2D eigenvalue weighted by atomic mass is 15.3. The van der Waals surface area contributed by atoms with Crippen LogP contribution in [0.5, 0.6) is 0 Å². The lowest BCUT2D eigenvalue weighted by molar-refractivity contribution is 0.618. The van der Waals surface area contributed by atoms with Gasteiger partial charge in [0, 0.05) is 6.54 Å². The first-order valence-electron chi connectivity index (χ1n) is 4.03. The number of nitrogens with zero attached hydrogens (tertiary/aromatic N) is 2. The summed E-state index contributed by atoms with van der Waals surface area (Å²) >= 11 is 0. The van der Waals surface area contributed by atoms with E-state index in [1.54, 1.807) is 0 Å². The zero-order valence-electron chi connectivity index (χ0n) is 7.46. The van der Waals surface area contributed by atoms with Crippen molar-refractivity contribution in [1.29, 1.82) is 0 Å². The van der Waals surface area contributed by atoms with E-state index in [1.807, 2.05) is 0 Å². The van der Waals surface area contributed by atoms with E-state index in [4.69, 9.17) is 5.73 Å². The normalized spacial score (nSPS) is 16.6. The van der Waals surface area contributed by atoms with Gasteiger partial charge >= 0.3 is 0 Å². The molecule has 5 heteroatoms. The molecule has 0 aromatic heterocycles. The SMILES string of the molecule is CC(C)CNC1=NCN=C(N)N1. The minimum atomic E-state index is 0.416. The lowest BCUT2D eigenvalue weighted by Gasteiger charge is -2.15. The zero-order chi connectivity index (χ0) is 8.97. The molecule has 0 saturated heterocycles. The molecule has 0 amide bonds. The smallest absolute Gasteiger partial charge is 0.200 e. The standard InChI is InChI=1S/C7H15N5/c1-5(2)3-9-7-11-4-10-6(8)12-7/h5H,3-4H2,1-2H3,(H4,8,9,10,11,12). The van der Waals surface area contributed by atoms with E-state index < -0.39 is 0 Å². The number of hydrogen-bond acceptors (Lipinski definition) is 5. The van der Waals surface area contributed by atoms with E-state index in [2.05, 4.69) is 34.5 Å². The van der Waals surface area contributed by atoms with Crippen LogP contribution in [0.4, 0.5) is 0 Å². The minimum absolute atomic E-state index is 0.416. The predicted molar refractivity (Wildman–Crippen MR) is 49.9 cm³/mol. The first kappa shape index (κ1) is 8.83. The van der Waals surface area contributed by atoms with E-state index in [0.29, 0.717) is 18.5 Å². The summed E-state index contributed by atoms with van der Waals surface area (Å²) in [6.45, 7) is 5.57. The highest BCUT2D eigenvalue weighted by molar-refractivity contribution is 5.98. The Labute approximate surface area is 72.2 Å². The van der Waals surface area contributed by atoms with Gasteiger partial charge in [-0.25, -0.2) is 9.98 Å². The maximum atomic E-state index is 5.45. The van der Waals surface area contributed by atoms with Crippen molar-refractivity contribution >= 4 is 11.9 Å². The highest BCUT2D eigenvalue weighted by Crippen LogP contribution is 1.88. The van der Waals surface area contributed by atoms with E-state index in [-0.39, 0.29) is 0 Å². The molecule has 1 aliphatic heterocycles. The quantitative estimate of drug-likeness (QED) is 0.520. The van der Waals surface area contributed by atoms with Crippen LogP contribution < -0.4 is 16.4 Å². The van der Waals surface area contributed by atoms with Crippen molar-refractivity contribution in [3.05, 3.63) is 0 Å². The molecule has 0 unspecified atom stereocenters. The van der Waals surface area contributed by atoms with Crippen molar-refractivity contribution in [2.24, 2.45) is 21.6 Å². The van der Waals surface area contributed by atoms with Crippen molar-refractivity contribution < 1.29 is 0 Å². The summed E-state index contributed by atoms with van der Waals surface area (Å²) < 4.78 is 0. The van der Waals surface area contributed by atoms with Crippen LogP contribution in [0.2, 0.25) is 0 Å². The van der Waals surface area contributed by atoms with E-state index in [9.17, 15) is 0 Å². The average molecular weight is 169 g/mol. The summed E-state index contributed by atoms with van der Waals surface area (Å²) in [5.74, 6) is 1.74. The molecule has 5 nitrogen and oxygen atoms in total. The van der Waals surface area contributed by atoms with Crippen LogP contribution in [0.3, 0.4) is 0 Å². The molecule has 12 heavy (non-hydrogen) atoms. The van der Waals surface area contributed by atoms with Gasteiger partial charge in [-0.1, -0.05) is 13.8 Å². The molecule has 0 aromatic carbocycles. The molecule has 68 valence electrons. The molecule has 4 N–H and O–H groups in total. The number of rotatable bonds is 2. The molecule has 0 fully saturated rings. The molecule has 0 radical (unpaired) electrons. The van der Waals surface area contributed by atoms with Gasteiger partial charge in [-0.05, 0) is 5.92 Å². The summed E-state index contributed by atoms with van der Waals surface area (Å²) in [6, 6.07) is 0. The highest BCUT2D eigenvalue weighted by Gasteiger charge is 2.04. The van der Waals surface area contributed by atoms with Crippen LogP contribution in [0.15, 0.2) is 9.98 Å². The Hall–Kier alpha value is -1.26. The van der Waals surface area contributed by atoms with Gasteiger partial charge in [-0.2, -0.15) is 0 Å². The van der Waals surface area contributed by atoms with Gasteiger partial charge in [0.05, 0.1) is 0 Å². The molecular formula is C7H15N5. The molecule has 1 rings (SSSR count). The van der Waals surface area contributed by atoms with Crippen LogP contribution in [-0.2, 0) is 0 Å². The van der Waals surface area contributed by atoms with E-state index in [1.165, 1.54) is 0 Å². The Morgan fingerprint density at radius 1 is 1.58 bits per heavy atom. The lowest BCUT2D eigenvalue weighted by atomic mass is 10.2. The van der Waals surface area contributed by atoms with Gasteiger partial charge in [0.15, 0.2) is 11.9 Å². The van der Waals surface area contributed by atoms with Gasteiger partial charge < -0.3 is 11.1 Å². The van der Waals surface area contributed by atoms with E-state index in [0.717, 1.165) is 12.5 Å². The van der Waals surface area contributed by atoms with Crippen LogP contribution in [0, 0.1) is 5.92 Å². The van der Waals surface area contributed by atoms with Gasteiger partial charge in [-0.3, -0.25) is 5.32 Å². The maximum Gasteiger partial charge on any atom is 0.200 e. The third-order valence-electron chi connectivity index (χ3n) is 1.39. The Morgan fingerprint density at radius 2 is 2.33 bits per heavy atom. The fourth-order valence-corrected chi connectivity index (χ4v) is 0.784. The van der Waals surface area contributed by atoms with Gasteiger partial charge in [0.25, 0.3) is 0 Å². The van der Waals surface area contributed by atoms with Crippen molar-refractivity contribution in [1.82, 2.24) is 10.6 Å². The van der Waals surface area contributed by atoms with Crippen molar-refractivity contribution in [2.75, 3.05) is 13.2 Å². The second-order valence-electron chi connectivity index (χ2n) is 3.09. The molecule has 1 heterocycles. The van der Waals surface area contributed by atoms with Crippen molar-refractivity contribution in [3.8, 4) is 0 Å². The predicted octanol–water partition coefficient (Wildman–Crippen LogP) is -0.537. The van der Waals surface area contributed by atoms with Crippen molar-refractivity contribution in [3.63, 3.8) is 0 Å². The molecule has 0 aromatic rings. The van der Waals surface area contributed by atoms with Gasteiger partial charge in [0.1, 0.15) is 6.67 Å². The summed E-state index contributed by atoms with van der Waals surface area (Å²) in [6.07, 6.45) is 0. The van der Waals surface area contributed by atoms with Crippen LogP contribution >= 0.6 is 0 Å². The molecule has 0 saturated carbocycles. The van der Waals surface area contributed by atoms with Crippen LogP contribution in [0.25, 0.3) is 0 Å². The number of hydrogen-bond donors (Lipinski definition) is 3. The summed E-state index contributed by atoms with van der Waals surface area (Å²) in [4.78, 5) is 7.94. The first-order chi connectivity index (χ1) is 5.68. The number of nitrogens with two attached hydrogens (primary N) is 1. The fourth-order valence-electron chi connectivity index (χ4n) is 0.784. The second kappa shape index (κ2) is 3.94. The molecular weight excluding hydrogens is 154 g/mol. The average Bonchev–Trinajstić information content (AvgIpc) is 2.01. The summed E-state index contributed by atoms with van der Waals surface area (Å²) in [7, 11) is 0. The topological polar surface area (TPSA) is 74.8 Å². The Bertz CT molecular complexity index is 206. The zero-order valence-corrected chi connectivity index (χ0v) is 7.46. The minimum Gasteiger partial charge on any atom is -0.370 e. The molecule has 0 spiro atoms. The number of guanidine groups is 2. The van der Waals surface area contributed by atoms with Gasteiger partial charge in [-0.15, -0.1) is 0 Å². The number of nitrogens with one attached hydrogen (secondary N) is 2. The van der Waals surface area contributed by atoms with E-state index >= 15 is 0 Å². The molecule has 0 aliphatic carbocycles. The first-order valence-corrected chi connectivity index (χ1v) is 4.03. The summed E-state index contributed by atoms with van der Waals surface area (Å²) in [5.41, 5.74) is 5.45. The van der Waals surface area contributed by atoms with Crippen LogP contribution in [0.1, 0.15) is 13.8 Å². The monoisotopic (exact) mass is 169 g/mol. The lowest BCUT2D eigenvalue weighted by Crippen LogP contribution is -2.47. The molecule has 0 bridgehead atoms. The van der Waals surface area contributed by atoms with Crippen molar-refractivity contribution in [2.45, 2.75) is 13.8 Å². The second-order valence-corrected chi connectivity index (χ2v) is 3.09. The Balaban J connectivity index is 2.29. The third-order valence-corrected chi connectivity index (χ3v) is 1.39. The maximum absolute atomic E-state index is 5.45. The Kier molecular flexibility index (Phi) is 2.90. The Morgan fingerprint density at radius 3 is 2.92 bits per heavy atom. The fraction of sp³-hybridized carbons (Fsp3) is 0.714. The van der Waals surface area contributed by atoms with Crippen LogP contribution in [-0.4, -0.2) is 25.1 Å². The summed E-state index contributed by atoms with van der Waals surface area (Å²) in [5, 5.41) is 5.97. The van der Waals surface area contributed by atoms with Gasteiger partial charge in [0.2, 0.25) is 0 Å². The molecule has 1 aliphatic rings. The third kappa shape index (κ3) is 2.77. The largest absolute Gasteiger partial charge is 0.370 e. The molecule has 0 atom stereocenters. The number of aliphatic imine (C=N–C) groups is 2.